The molecule has 1 saturated carbocycles. The van der Waals surface area contributed by atoms with Gasteiger partial charge in [0.2, 0.25) is 5.71 Å². The number of hydrogen-bond acceptors (Lipinski definition) is 5. The summed E-state index contributed by atoms with van der Waals surface area (Å²) < 4.78 is 6.26. The summed E-state index contributed by atoms with van der Waals surface area (Å²) in [6.45, 7) is 0. The van der Waals surface area contributed by atoms with Gasteiger partial charge in [0.1, 0.15) is 11.3 Å². The van der Waals surface area contributed by atoms with E-state index >= 15 is 0 Å². The highest BCUT2D eigenvalue weighted by Gasteiger charge is 2.40. The molecule has 2 N–H and O–H groups in total. The van der Waals surface area contributed by atoms with Crippen LogP contribution in [0.25, 0.3) is 44.9 Å². The van der Waals surface area contributed by atoms with Gasteiger partial charge in [0.25, 0.3) is 0 Å². The number of benzene rings is 2. The molecule has 0 aliphatic heterocycles. The van der Waals surface area contributed by atoms with E-state index in [2.05, 4.69) is 15.3 Å². The van der Waals surface area contributed by atoms with Gasteiger partial charge in [-0.05, 0) is 42.5 Å². The van der Waals surface area contributed by atoms with Crippen molar-refractivity contribution in [2.24, 2.45) is 0 Å². The molecule has 7 heteroatoms. The Morgan fingerprint density at radius 2 is 1.69 bits per heavy atom. The number of carbonyl (C=O) groups is 1. The molecule has 3 aromatic heterocycles. The molecule has 1 aliphatic rings. The van der Waals surface area contributed by atoms with Crippen LogP contribution in [0.1, 0.15) is 24.8 Å². The van der Waals surface area contributed by atoms with Crippen LogP contribution >= 0.6 is 0 Å². The predicted octanol–water partition coefficient (Wildman–Crippen LogP) is 6.27. The highest BCUT2D eigenvalue weighted by atomic mass is 16.4. The number of furan rings is 1. The average molecular weight is 463 g/mol. The van der Waals surface area contributed by atoms with Crippen LogP contribution < -0.4 is 5.32 Å². The van der Waals surface area contributed by atoms with Gasteiger partial charge in [-0.25, -0.2) is 14.8 Å². The molecule has 1 fully saturated rings. The molecular formula is C28H22N4O3. The first-order valence-electron chi connectivity index (χ1n) is 11.5. The largest absolute Gasteiger partial charge is 0.465 e. The number of hydrogen-bond donors (Lipinski definition) is 2. The molecule has 0 atom stereocenters. The first-order valence-corrected chi connectivity index (χ1v) is 11.5. The first-order chi connectivity index (χ1) is 17.1. The number of carboxylic acid groups (broad SMARTS) is 1. The van der Waals surface area contributed by atoms with Crippen molar-refractivity contribution in [2.45, 2.75) is 24.8 Å². The summed E-state index contributed by atoms with van der Waals surface area (Å²) in [6, 6.07) is 21.7. The number of amides is 1. The molecule has 0 saturated heterocycles. The quantitative estimate of drug-likeness (QED) is 0.319. The van der Waals surface area contributed by atoms with Crippen molar-refractivity contribution in [2.75, 3.05) is 0 Å². The normalized spacial score (nSPS) is 14.4. The minimum atomic E-state index is -1.00. The van der Waals surface area contributed by atoms with Crippen LogP contribution in [0.5, 0.6) is 0 Å². The van der Waals surface area contributed by atoms with E-state index < -0.39 is 11.6 Å². The molecule has 0 spiro atoms. The van der Waals surface area contributed by atoms with E-state index in [1.807, 2.05) is 66.7 Å². The Morgan fingerprint density at radius 3 is 2.34 bits per heavy atom. The zero-order valence-corrected chi connectivity index (χ0v) is 18.8. The van der Waals surface area contributed by atoms with Crippen molar-refractivity contribution in [1.29, 1.82) is 0 Å². The topological polar surface area (TPSA) is 101 Å². The Hall–Kier alpha value is -4.52. The molecule has 1 aliphatic carbocycles. The second-order valence-corrected chi connectivity index (χ2v) is 8.77. The van der Waals surface area contributed by atoms with Crippen molar-refractivity contribution >= 4 is 17.3 Å². The van der Waals surface area contributed by atoms with Crippen LogP contribution in [-0.4, -0.2) is 26.2 Å². The fourth-order valence-corrected chi connectivity index (χ4v) is 4.76. The van der Waals surface area contributed by atoms with Gasteiger partial charge in [-0.3, -0.25) is 4.98 Å². The van der Waals surface area contributed by atoms with Crippen molar-refractivity contribution < 1.29 is 14.3 Å². The van der Waals surface area contributed by atoms with E-state index in [1.165, 1.54) is 0 Å². The number of nitrogens with one attached hydrogen (secondary N) is 1. The minimum Gasteiger partial charge on any atom is -0.465 e. The lowest BCUT2D eigenvalue weighted by Gasteiger charge is -2.42. The van der Waals surface area contributed by atoms with Crippen LogP contribution in [0.3, 0.4) is 0 Å². The third kappa shape index (κ3) is 3.71. The number of nitrogens with zero attached hydrogens (tertiary/aromatic N) is 3. The van der Waals surface area contributed by atoms with Crippen LogP contribution in [0, 0.1) is 0 Å². The molecule has 5 aromatic rings. The van der Waals surface area contributed by atoms with Crippen LogP contribution in [0.2, 0.25) is 0 Å². The van der Waals surface area contributed by atoms with Crippen molar-refractivity contribution in [1.82, 2.24) is 20.3 Å². The number of fused-ring (bicyclic) bond motifs is 1. The third-order valence-corrected chi connectivity index (χ3v) is 6.67. The monoisotopic (exact) mass is 462 g/mol. The molecule has 3 heterocycles. The highest BCUT2D eigenvalue weighted by Crippen LogP contribution is 2.43. The van der Waals surface area contributed by atoms with Gasteiger partial charge >= 0.3 is 6.09 Å². The molecular weight excluding hydrogens is 440 g/mol. The van der Waals surface area contributed by atoms with Gasteiger partial charge < -0.3 is 14.8 Å². The number of aromatic nitrogens is 3. The Morgan fingerprint density at radius 1 is 0.914 bits per heavy atom. The van der Waals surface area contributed by atoms with Crippen molar-refractivity contribution in [3.8, 4) is 33.7 Å². The maximum Gasteiger partial charge on any atom is 0.405 e. The SMILES string of the molecule is O=C(O)NC1(c2ccc(-c3oc4ncc(-c5cccnc5)nc4c3-c3ccccc3)cc2)CCC1. The zero-order chi connectivity index (χ0) is 23.8. The van der Waals surface area contributed by atoms with E-state index in [4.69, 9.17) is 9.40 Å². The Bertz CT molecular complexity index is 1510. The van der Waals surface area contributed by atoms with Crippen LogP contribution in [-0.2, 0) is 5.54 Å². The van der Waals surface area contributed by atoms with E-state index in [0.29, 0.717) is 17.0 Å². The zero-order valence-electron chi connectivity index (χ0n) is 18.8. The van der Waals surface area contributed by atoms with Crippen LogP contribution in [0.15, 0.2) is 89.7 Å². The standard InChI is InChI=1S/C28H22N4O3/c33-27(34)32-28(13-5-14-28)21-11-9-19(10-12-21)25-23(18-6-2-1-3-7-18)24-26(35-25)30-17-22(31-24)20-8-4-15-29-16-20/h1-4,6-12,15-17,32H,5,13-14H2,(H,33,34). The third-order valence-electron chi connectivity index (χ3n) is 6.67. The molecule has 2 aromatic carbocycles. The number of pyridine rings is 1. The van der Waals surface area contributed by atoms with E-state index in [1.54, 1.807) is 18.6 Å². The average Bonchev–Trinajstić information content (AvgIpc) is 3.26. The van der Waals surface area contributed by atoms with E-state index in [-0.39, 0.29) is 0 Å². The fraction of sp³-hybridized carbons (Fsp3) is 0.143. The summed E-state index contributed by atoms with van der Waals surface area (Å²) >= 11 is 0. The lowest BCUT2D eigenvalue weighted by Crippen LogP contribution is -2.50. The van der Waals surface area contributed by atoms with Crippen molar-refractivity contribution in [3.63, 3.8) is 0 Å². The molecule has 0 bridgehead atoms. The summed E-state index contributed by atoms with van der Waals surface area (Å²) in [5.41, 5.74) is 5.91. The maximum atomic E-state index is 11.4. The molecule has 7 nitrogen and oxygen atoms in total. The molecule has 1 amide bonds. The minimum absolute atomic E-state index is 0.457. The second kappa shape index (κ2) is 8.36. The Kier molecular flexibility index (Phi) is 5.03. The summed E-state index contributed by atoms with van der Waals surface area (Å²) in [6.07, 6.45) is 6.78. The molecule has 0 radical (unpaired) electrons. The smallest absolute Gasteiger partial charge is 0.405 e. The predicted molar refractivity (Wildman–Crippen MR) is 133 cm³/mol. The van der Waals surface area contributed by atoms with Gasteiger partial charge in [0, 0.05) is 23.5 Å². The molecule has 172 valence electrons. The summed E-state index contributed by atoms with van der Waals surface area (Å²) in [7, 11) is 0. The molecule has 0 unspecified atom stereocenters. The van der Waals surface area contributed by atoms with Gasteiger partial charge in [-0.15, -0.1) is 0 Å². The maximum absolute atomic E-state index is 11.4. The van der Waals surface area contributed by atoms with Crippen LogP contribution in [0.4, 0.5) is 4.79 Å². The van der Waals surface area contributed by atoms with Gasteiger partial charge in [0.05, 0.1) is 23.0 Å². The van der Waals surface area contributed by atoms with E-state index in [0.717, 1.165) is 52.8 Å². The first kappa shape index (κ1) is 21.0. The molecule has 35 heavy (non-hydrogen) atoms. The summed E-state index contributed by atoms with van der Waals surface area (Å²) in [5, 5.41) is 12.0. The second-order valence-electron chi connectivity index (χ2n) is 8.77. The van der Waals surface area contributed by atoms with Gasteiger partial charge in [-0.2, -0.15) is 0 Å². The molecule has 6 rings (SSSR count). The van der Waals surface area contributed by atoms with Gasteiger partial charge in [0.15, 0.2) is 0 Å². The highest BCUT2D eigenvalue weighted by molar-refractivity contribution is 5.98. The summed E-state index contributed by atoms with van der Waals surface area (Å²) in [4.78, 5) is 25.0. The fourth-order valence-electron chi connectivity index (χ4n) is 4.76. The number of rotatable bonds is 5. The Balaban J connectivity index is 1.48. The summed E-state index contributed by atoms with van der Waals surface area (Å²) in [5.74, 6) is 0.676. The van der Waals surface area contributed by atoms with Crippen molar-refractivity contribution in [3.05, 3.63) is 90.9 Å². The Labute approximate surface area is 201 Å². The lowest BCUT2D eigenvalue weighted by atomic mass is 9.72. The van der Waals surface area contributed by atoms with E-state index in [9.17, 15) is 9.90 Å². The van der Waals surface area contributed by atoms with Gasteiger partial charge in [-0.1, -0.05) is 54.6 Å². The lowest BCUT2D eigenvalue weighted by molar-refractivity contribution is 0.144.